The molecule has 2 saturated heterocycles. The molecule has 0 aromatic heterocycles. The highest BCUT2D eigenvalue weighted by Crippen LogP contribution is 2.21. The van der Waals surface area contributed by atoms with Crippen LogP contribution in [0, 0.1) is 0 Å². The molecule has 0 aromatic carbocycles. The molecule has 0 spiro atoms. The van der Waals surface area contributed by atoms with Gasteiger partial charge >= 0.3 is 11.8 Å². The van der Waals surface area contributed by atoms with Crippen LogP contribution in [0.15, 0.2) is 0 Å². The Bertz CT molecular complexity index is 239. The van der Waals surface area contributed by atoms with Gasteiger partial charge in [0.2, 0.25) is 0 Å². The van der Waals surface area contributed by atoms with Gasteiger partial charge in [0.15, 0.2) is 0 Å². The highest BCUT2D eigenvalue weighted by atomic mass is 16.2. The third-order valence-electron chi connectivity index (χ3n) is 2.65. The van der Waals surface area contributed by atoms with Crippen LogP contribution < -0.4 is 0 Å². The maximum atomic E-state index is 11.4. The Labute approximate surface area is 71.1 Å². The zero-order chi connectivity index (χ0) is 8.72. The van der Waals surface area contributed by atoms with Crippen LogP contribution in [0.2, 0.25) is 0 Å². The van der Waals surface area contributed by atoms with Crippen LogP contribution in [-0.2, 0) is 9.59 Å². The molecule has 2 rings (SSSR count). The predicted molar refractivity (Wildman–Crippen MR) is 42.4 cm³/mol. The Balaban J connectivity index is 2.21. The summed E-state index contributed by atoms with van der Waals surface area (Å²) < 4.78 is 0. The second kappa shape index (κ2) is 2.47. The third-order valence-corrected chi connectivity index (χ3v) is 2.65. The van der Waals surface area contributed by atoms with E-state index < -0.39 is 0 Å². The van der Waals surface area contributed by atoms with Gasteiger partial charge in [-0.3, -0.25) is 9.59 Å². The van der Waals surface area contributed by atoms with Gasteiger partial charge in [0.25, 0.3) is 0 Å². The molecule has 0 bridgehead atoms. The summed E-state index contributed by atoms with van der Waals surface area (Å²) >= 11 is 0. The van der Waals surface area contributed by atoms with E-state index in [1.54, 1.807) is 11.9 Å². The molecule has 2 aliphatic heterocycles. The van der Waals surface area contributed by atoms with Gasteiger partial charge in [-0.05, 0) is 12.8 Å². The Kier molecular flexibility index (Phi) is 1.56. The van der Waals surface area contributed by atoms with E-state index in [-0.39, 0.29) is 11.8 Å². The lowest BCUT2D eigenvalue weighted by Crippen LogP contribution is -2.55. The minimum Gasteiger partial charge on any atom is -0.335 e. The average molecular weight is 168 g/mol. The van der Waals surface area contributed by atoms with E-state index in [4.69, 9.17) is 0 Å². The van der Waals surface area contributed by atoms with Crippen molar-refractivity contribution in [3.8, 4) is 0 Å². The molecule has 0 saturated carbocycles. The average Bonchev–Trinajstić information content (AvgIpc) is 2.48. The molecule has 0 aromatic rings. The van der Waals surface area contributed by atoms with Crippen molar-refractivity contribution in [2.45, 2.75) is 18.9 Å². The number of carbonyl (C=O) groups excluding carboxylic acids is 2. The van der Waals surface area contributed by atoms with Crippen molar-refractivity contribution in [3.05, 3.63) is 0 Å². The van der Waals surface area contributed by atoms with Gasteiger partial charge in [-0.2, -0.15) is 0 Å². The number of piperazine rings is 1. The van der Waals surface area contributed by atoms with Crippen LogP contribution >= 0.6 is 0 Å². The SMILES string of the molecule is CN1C[C@H]2CCCN2C(=O)C1=O. The minimum atomic E-state index is -0.354. The first-order chi connectivity index (χ1) is 5.70. The molecule has 2 heterocycles. The molecule has 66 valence electrons. The Morgan fingerprint density at radius 2 is 2.08 bits per heavy atom. The van der Waals surface area contributed by atoms with E-state index >= 15 is 0 Å². The van der Waals surface area contributed by atoms with Crippen LogP contribution in [0.3, 0.4) is 0 Å². The van der Waals surface area contributed by atoms with E-state index in [0.717, 1.165) is 19.4 Å². The summed E-state index contributed by atoms with van der Waals surface area (Å²) in [7, 11) is 1.69. The van der Waals surface area contributed by atoms with E-state index in [1.807, 2.05) is 0 Å². The fourth-order valence-electron chi connectivity index (χ4n) is 1.98. The lowest BCUT2D eigenvalue weighted by molar-refractivity contribution is -0.156. The van der Waals surface area contributed by atoms with Gasteiger partial charge in [-0.15, -0.1) is 0 Å². The monoisotopic (exact) mass is 168 g/mol. The van der Waals surface area contributed by atoms with Crippen molar-refractivity contribution >= 4 is 11.8 Å². The number of hydrogen-bond donors (Lipinski definition) is 0. The third kappa shape index (κ3) is 0.906. The molecule has 4 heteroatoms. The molecule has 2 amide bonds. The van der Waals surface area contributed by atoms with Crippen molar-refractivity contribution in [3.63, 3.8) is 0 Å². The second-order valence-corrected chi connectivity index (χ2v) is 3.48. The standard InChI is InChI=1S/C8H12N2O2/c1-9-5-6-3-2-4-10(6)8(12)7(9)11/h6H,2-5H2,1H3/t6-/m1/s1. The number of carbonyl (C=O) groups is 2. The van der Waals surface area contributed by atoms with Gasteiger partial charge in [0.1, 0.15) is 0 Å². The summed E-state index contributed by atoms with van der Waals surface area (Å²) in [5, 5.41) is 0. The molecule has 4 nitrogen and oxygen atoms in total. The van der Waals surface area contributed by atoms with E-state index in [9.17, 15) is 9.59 Å². The van der Waals surface area contributed by atoms with Gasteiger partial charge in [-0.25, -0.2) is 0 Å². The summed E-state index contributed by atoms with van der Waals surface area (Å²) in [6.07, 6.45) is 2.08. The van der Waals surface area contributed by atoms with Crippen LogP contribution in [0.5, 0.6) is 0 Å². The van der Waals surface area contributed by atoms with Gasteiger partial charge in [0, 0.05) is 26.2 Å². The molecule has 1 atom stereocenters. The van der Waals surface area contributed by atoms with Gasteiger partial charge in [-0.1, -0.05) is 0 Å². The van der Waals surface area contributed by atoms with Crippen molar-refractivity contribution < 1.29 is 9.59 Å². The molecule has 0 aliphatic carbocycles. The highest BCUT2D eigenvalue weighted by Gasteiger charge is 2.39. The first-order valence-corrected chi connectivity index (χ1v) is 4.26. The van der Waals surface area contributed by atoms with Crippen LogP contribution in [0.1, 0.15) is 12.8 Å². The van der Waals surface area contributed by atoms with Crippen LogP contribution in [0.4, 0.5) is 0 Å². The summed E-state index contributed by atoms with van der Waals surface area (Å²) in [4.78, 5) is 25.8. The van der Waals surface area contributed by atoms with Crippen LogP contribution in [-0.4, -0.2) is 47.8 Å². The summed E-state index contributed by atoms with van der Waals surface area (Å²) in [5.74, 6) is -0.667. The van der Waals surface area contributed by atoms with Gasteiger partial charge in [0.05, 0.1) is 0 Å². The smallest absolute Gasteiger partial charge is 0.312 e. The zero-order valence-corrected chi connectivity index (χ0v) is 7.12. The number of hydrogen-bond acceptors (Lipinski definition) is 2. The number of likely N-dealkylation sites (N-methyl/N-ethyl adjacent to an activating group) is 1. The van der Waals surface area contributed by atoms with E-state index in [0.29, 0.717) is 12.6 Å². The molecule has 0 radical (unpaired) electrons. The fraction of sp³-hybridized carbons (Fsp3) is 0.750. The molecule has 2 aliphatic rings. The molecular weight excluding hydrogens is 156 g/mol. The summed E-state index contributed by atoms with van der Waals surface area (Å²) in [6.45, 7) is 1.48. The van der Waals surface area contributed by atoms with Crippen molar-refractivity contribution in [2.24, 2.45) is 0 Å². The highest BCUT2D eigenvalue weighted by molar-refractivity contribution is 6.35. The Morgan fingerprint density at radius 3 is 2.83 bits per heavy atom. The normalized spacial score (nSPS) is 29.6. The molecule has 0 N–H and O–H groups in total. The van der Waals surface area contributed by atoms with Crippen molar-refractivity contribution in [1.82, 2.24) is 9.80 Å². The van der Waals surface area contributed by atoms with Crippen LogP contribution in [0.25, 0.3) is 0 Å². The summed E-state index contributed by atoms with van der Waals surface area (Å²) in [5.41, 5.74) is 0. The lowest BCUT2D eigenvalue weighted by Gasteiger charge is -2.34. The maximum absolute atomic E-state index is 11.4. The lowest BCUT2D eigenvalue weighted by atomic mass is 10.1. The zero-order valence-electron chi connectivity index (χ0n) is 7.12. The van der Waals surface area contributed by atoms with E-state index in [2.05, 4.69) is 0 Å². The maximum Gasteiger partial charge on any atom is 0.312 e. The quantitative estimate of drug-likeness (QED) is 0.455. The molecule has 0 unspecified atom stereocenters. The number of nitrogens with zero attached hydrogens (tertiary/aromatic N) is 2. The summed E-state index contributed by atoms with van der Waals surface area (Å²) in [6, 6.07) is 0.292. The predicted octanol–water partition coefficient (Wildman–Crippen LogP) is -0.551. The van der Waals surface area contributed by atoms with Crippen molar-refractivity contribution in [2.75, 3.05) is 20.1 Å². The number of rotatable bonds is 0. The molecule has 2 fully saturated rings. The molecule has 12 heavy (non-hydrogen) atoms. The largest absolute Gasteiger partial charge is 0.335 e. The first kappa shape index (κ1) is 7.58. The first-order valence-electron chi connectivity index (χ1n) is 4.26. The van der Waals surface area contributed by atoms with E-state index in [1.165, 1.54) is 4.90 Å². The minimum absolute atomic E-state index is 0.292. The topological polar surface area (TPSA) is 40.6 Å². The second-order valence-electron chi connectivity index (χ2n) is 3.48. The Morgan fingerprint density at radius 1 is 1.33 bits per heavy atom. The molecular formula is C8H12N2O2. The van der Waals surface area contributed by atoms with Crippen molar-refractivity contribution in [1.29, 1.82) is 0 Å². The number of amides is 2. The number of fused-ring (bicyclic) bond motifs is 1. The van der Waals surface area contributed by atoms with Gasteiger partial charge < -0.3 is 9.80 Å². The fourth-order valence-corrected chi connectivity index (χ4v) is 1.98. The Hall–Kier alpha value is -1.06.